The summed E-state index contributed by atoms with van der Waals surface area (Å²) in [6, 6.07) is 13.2. The number of likely N-dealkylation sites (tertiary alicyclic amines) is 1. The first-order valence-electron chi connectivity index (χ1n) is 10.2. The van der Waals surface area contributed by atoms with E-state index >= 15 is 0 Å². The number of carbonyl (C=O) groups is 2. The van der Waals surface area contributed by atoms with E-state index in [9.17, 15) is 9.59 Å². The predicted octanol–water partition coefficient (Wildman–Crippen LogP) is 2.07. The minimum absolute atomic E-state index is 0.0830. The quantitative estimate of drug-likeness (QED) is 0.808. The molecule has 1 aromatic carbocycles. The maximum atomic E-state index is 13.0. The summed E-state index contributed by atoms with van der Waals surface area (Å²) in [6.07, 6.45) is 2.97. The molecule has 2 unspecified atom stereocenters. The van der Waals surface area contributed by atoms with Crippen molar-refractivity contribution in [1.82, 2.24) is 15.1 Å². The van der Waals surface area contributed by atoms with E-state index < -0.39 is 6.04 Å². The number of hydrogen-bond acceptors (Lipinski definition) is 5. The summed E-state index contributed by atoms with van der Waals surface area (Å²) in [6.45, 7) is 4.14. The molecule has 0 aliphatic carbocycles. The van der Waals surface area contributed by atoms with Gasteiger partial charge >= 0.3 is 0 Å². The van der Waals surface area contributed by atoms with Crippen LogP contribution in [0.25, 0.3) is 0 Å². The highest BCUT2D eigenvalue weighted by atomic mass is 16.5. The molecular weight excluding hydrogens is 370 g/mol. The van der Waals surface area contributed by atoms with E-state index in [2.05, 4.69) is 22.3 Å². The largest absolute Gasteiger partial charge is 0.459 e. The highest BCUT2D eigenvalue weighted by molar-refractivity contribution is 5.96. The van der Waals surface area contributed by atoms with E-state index in [1.165, 1.54) is 11.8 Å². The molecule has 1 aromatic heterocycles. The summed E-state index contributed by atoms with van der Waals surface area (Å²) in [5.74, 6) is -0.0442. The summed E-state index contributed by atoms with van der Waals surface area (Å²) in [7, 11) is 0. The van der Waals surface area contributed by atoms with E-state index in [1.807, 2.05) is 18.2 Å². The van der Waals surface area contributed by atoms with E-state index in [-0.39, 0.29) is 23.6 Å². The van der Waals surface area contributed by atoms with Gasteiger partial charge in [0.2, 0.25) is 5.91 Å². The van der Waals surface area contributed by atoms with Gasteiger partial charge in [-0.05, 0) is 30.5 Å². The molecule has 2 amide bonds. The van der Waals surface area contributed by atoms with Crippen LogP contribution in [0.3, 0.4) is 0 Å². The van der Waals surface area contributed by atoms with Crippen LogP contribution in [-0.4, -0.2) is 67.0 Å². The average molecular weight is 397 g/mol. The number of furan rings is 1. The number of nitrogens with one attached hydrogen (secondary N) is 1. The molecule has 2 saturated heterocycles. The highest BCUT2D eigenvalue weighted by Crippen LogP contribution is 2.23. The maximum absolute atomic E-state index is 13.0. The van der Waals surface area contributed by atoms with Crippen molar-refractivity contribution in [2.75, 3.05) is 39.4 Å². The van der Waals surface area contributed by atoms with Crippen molar-refractivity contribution in [3.8, 4) is 0 Å². The Kier molecular flexibility index (Phi) is 6.27. The van der Waals surface area contributed by atoms with Crippen molar-refractivity contribution in [1.29, 1.82) is 0 Å². The Balaban J connectivity index is 1.42. The molecule has 2 atom stereocenters. The molecule has 1 N–H and O–H groups in total. The molecule has 2 fully saturated rings. The van der Waals surface area contributed by atoms with Crippen LogP contribution in [0.2, 0.25) is 0 Å². The zero-order valence-corrected chi connectivity index (χ0v) is 16.5. The Morgan fingerprint density at radius 2 is 1.86 bits per heavy atom. The summed E-state index contributed by atoms with van der Waals surface area (Å²) in [4.78, 5) is 29.6. The first kappa shape index (κ1) is 19.7. The molecule has 2 aliphatic heterocycles. The van der Waals surface area contributed by atoms with E-state index in [4.69, 9.17) is 9.15 Å². The van der Waals surface area contributed by atoms with Crippen LogP contribution in [0.5, 0.6) is 0 Å². The third kappa shape index (κ3) is 4.52. The molecule has 0 spiro atoms. The number of amides is 2. The van der Waals surface area contributed by atoms with Crippen LogP contribution in [0.15, 0.2) is 53.1 Å². The monoisotopic (exact) mass is 397 g/mol. The van der Waals surface area contributed by atoms with Crippen LogP contribution < -0.4 is 5.32 Å². The van der Waals surface area contributed by atoms with Crippen LogP contribution in [0, 0.1) is 0 Å². The molecule has 2 aliphatic rings. The Labute approximate surface area is 170 Å². The van der Waals surface area contributed by atoms with Crippen molar-refractivity contribution < 1.29 is 18.7 Å². The number of morpholine rings is 1. The molecule has 2 aromatic rings. The van der Waals surface area contributed by atoms with Crippen molar-refractivity contribution in [3.05, 3.63) is 60.1 Å². The molecule has 3 heterocycles. The number of nitrogens with zero attached hydrogens (tertiary/aromatic N) is 2. The Bertz CT molecular complexity index is 803. The lowest BCUT2D eigenvalue weighted by Crippen LogP contribution is -2.49. The van der Waals surface area contributed by atoms with Gasteiger partial charge < -0.3 is 19.4 Å². The molecular formula is C22H27N3O4. The van der Waals surface area contributed by atoms with Crippen molar-refractivity contribution >= 4 is 11.8 Å². The van der Waals surface area contributed by atoms with E-state index in [0.29, 0.717) is 32.7 Å². The van der Waals surface area contributed by atoms with Crippen LogP contribution >= 0.6 is 0 Å². The second kappa shape index (κ2) is 9.24. The van der Waals surface area contributed by atoms with Crippen LogP contribution in [0.4, 0.5) is 0 Å². The molecule has 4 rings (SSSR count). The van der Waals surface area contributed by atoms with Gasteiger partial charge in [-0.25, -0.2) is 0 Å². The Morgan fingerprint density at radius 3 is 2.59 bits per heavy atom. The lowest BCUT2D eigenvalue weighted by atomic mass is 10.0. The summed E-state index contributed by atoms with van der Waals surface area (Å²) >= 11 is 0. The topological polar surface area (TPSA) is 75.0 Å². The standard InChI is InChI=1S/C22H27N3O4/c26-21(18-8-4-10-25(18)22(27)20-9-5-13-29-20)23-16-19(17-6-2-1-3-7-17)24-11-14-28-15-12-24/h1-3,5-7,9,13,18-19H,4,8,10-12,14-16H2,(H,23,26). The van der Waals surface area contributed by atoms with Gasteiger partial charge in [-0.15, -0.1) is 0 Å². The van der Waals surface area contributed by atoms with Crippen molar-refractivity contribution in [2.24, 2.45) is 0 Å². The lowest BCUT2D eigenvalue weighted by molar-refractivity contribution is -0.125. The molecule has 7 nitrogen and oxygen atoms in total. The molecule has 0 bridgehead atoms. The van der Waals surface area contributed by atoms with Gasteiger partial charge in [0.05, 0.1) is 25.5 Å². The fourth-order valence-corrected chi connectivity index (χ4v) is 4.16. The molecule has 154 valence electrons. The fraction of sp³-hybridized carbons (Fsp3) is 0.455. The second-order valence-corrected chi connectivity index (χ2v) is 7.45. The molecule has 7 heteroatoms. The Hall–Kier alpha value is -2.64. The summed E-state index contributed by atoms with van der Waals surface area (Å²) in [5.41, 5.74) is 1.17. The van der Waals surface area contributed by atoms with Gasteiger partial charge in [0.1, 0.15) is 6.04 Å². The first-order valence-corrected chi connectivity index (χ1v) is 10.2. The van der Waals surface area contributed by atoms with Gasteiger partial charge in [-0.3, -0.25) is 14.5 Å². The van der Waals surface area contributed by atoms with E-state index in [1.54, 1.807) is 17.0 Å². The minimum atomic E-state index is -0.450. The van der Waals surface area contributed by atoms with Gasteiger partial charge in [-0.1, -0.05) is 30.3 Å². The third-order valence-electron chi connectivity index (χ3n) is 5.69. The smallest absolute Gasteiger partial charge is 0.290 e. The van der Waals surface area contributed by atoms with Crippen LogP contribution in [0.1, 0.15) is 35.0 Å². The second-order valence-electron chi connectivity index (χ2n) is 7.45. The number of carbonyl (C=O) groups excluding carboxylic acids is 2. The van der Waals surface area contributed by atoms with Gasteiger partial charge in [0.25, 0.3) is 5.91 Å². The van der Waals surface area contributed by atoms with Crippen LogP contribution in [-0.2, 0) is 9.53 Å². The van der Waals surface area contributed by atoms with Gasteiger partial charge in [0, 0.05) is 26.2 Å². The summed E-state index contributed by atoms with van der Waals surface area (Å²) in [5, 5.41) is 3.10. The molecule has 0 saturated carbocycles. The van der Waals surface area contributed by atoms with Crippen molar-refractivity contribution in [2.45, 2.75) is 24.9 Å². The average Bonchev–Trinajstić information content (AvgIpc) is 3.47. The number of benzene rings is 1. The number of ether oxygens (including phenoxy) is 1. The third-order valence-corrected chi connectivity index (χ3v) is 5.69. The Morgan fingerprint density at radius 1 is 1.07 bits per heavy atom. The summed E-state index contributed by atoms with van der Waals surface area (Å²) < 4.78 is 10.7. The number of rotatable bonds is 6. The van der Waals surface area contributed by atoms with Gasteiger partial charge in [-0.2, -0.15) is 0 Å². The lowest BCUT2D eigenvalue weighted by Gasteiger charge is -2.35. The zero-order valence-electron chi connectivity index (χ0n) is 16.5. The first-order chi connectivity index (χ1) is 14.2. The highest BCUT2D eigenvalue weighted by Gasteiger charge is 2.36. The fourth-order valence-electron chi connectivity index (χ4n) is 4.16. The maximum Gasteiger partial charge on any atom is 0.290 e. The number of hydrogen-bond donors (Lipinski definition) is 1. The van der Waals surface area contributed by atoms with E-state index in [0.717, 1.165) is 19.5 Å². The minimum Gasteiger partial charge on any atom is -0.459 e. The zero-order chi connectivity index (χ0) is 20.1. The SMILES string of the molecule is O=C(NCC(c1ccccc1)N1CCOCC1)C1CCCN1C(=O)c1ccco1. The molecule has 0 radical (unpaired) electrons. The van der Waals surface area contributed by atoms with Gasteiger partial charge in [0.15, 0.2) is 5.76 Å². The van der Waals surface area contributed by atoms with Crippen molar-refractivity contribution in [3.63, 3.8) is 0 Å². The normalized spacial score (nSPS) is 21.1. The predicted molar refractivity (Wildman–Crippen MR) is 107 cm³/mol. The molecule has 29 heavy (non-hydrogen) atoms.